The van der Waals surface area contributed by atoms with Crippen molar-refractivity contribution in [3.8, 4) is 0 Å². The van der Waals surface area contributed by atoms with Crippen molar-refractivity contribution in [2.75, 3.05) is 0 Å². The fourth-order valence-electron chi connectivity index (χ4n) is 1.65. The van der Waals surface area contributed by atoms with Crippen LogP contribution in [0.3, 0.4) is 0 Å². The molecule has 0 aliphatic heterocycles. The number of nitrogens with one attached hydrogen (secondary N) is 1. The van der Waals surface area contributed by atoms with Gasteiger partial charge in [0, 0.05) is 6.04 Å². The van der Waals surface area contributed by atoms with E-state index in [2.05, 4.69) is 4.72 Å². The van der Waals surface area contributed by atoms with Gasteiger partial charge in [0.2, 0.25) is 10.0 Å². The molecule has 1 heterocycles. The van der Waals surface area contributed by atoms with E-state index < -0.39 is 16.0 Å². The molecule has 19 heavy (non-hydrogen) atoms. The standard InChI is InChI=1S/C12H19NO4S2/c1-9(12(14)15)5-3-6-10(2)13-19(16,17)11-7-4-8-18-11/h4,7-10,13H,3,5-6H2,1-2H3,(H,14,15). The van der Waals surface area contributed by atoms with Crippen LogP contribution in [0, 0.1) is 5.92 Å². The van der Waals surface area contributed by atoms with Gasteiger partial charge in [-0.05, 0) is 31.2 Å². The number of sulfonamides is 1. The third kappa shape index (κ3) is 5.30. The molecule has 7 heteroatoms. The fraction of sp³-hybridized carbons (Fsp3) is 0.583. The van der Waals surface area contributed by atoms with Crippen LogP contribution in [0.5, 0.6) is 0 Å². The van der Waals surface area contributed by atoms with Crippen molar-refractivity contribution in [1.29, 1.82) is 0 Å². The lowest BCUT2D eigenvalue weighted by Crippen LogP contribution is -2.32. The first kappa shape index (κ1) is 16.1. The molecule has 0 saturated carbocycles. The number of carboxylic acid groups (broad SMARTS) is 1. The highest BCUT2D eigenvalue weighted by Crippen LogP contribution is 2.17. The molecule has 0 saturated heterocycles. The molecule has 0 fully saturated rings. The minimum absolute atomic E-state index is 0.201. The summed E-state index contributed by atoms with van der Waals surface area (Å²) in [7, 11) is -3.43. The first-order valence-corrected chi connectivity index (χ1v) is 8.48. The summed E-state index contributed by atoms with van der Waals surface area (Å²) in [6, 6.07) is 3.05. The van der Waals surface area contributed by atoms with Crippen molar-refractivity contribution < 1.29 is 18.3 Å². The highest BCUT2D eigenvalue weighted by molar-refractivity contribution is 7.91. The van der Waals surface area contributed by atoms with Crippen molar-refractivity contribution in [3.05, 3.63) is 17.5 Å². The Bertz CT molecular complexity index is 496. The molecule has 0 radical (unpaired) electrons. The minimum atomic E-state index is -3.43. The zero-order chi connectivity index (χ0) is 14.5. The normalized spacial score (nSPS) is 15.1. The van der Waals surface area contributed by atoms with Gasteiger partial charge < -0.3 is 5.11 Å². The van der Waals surface area contributed by atoms with Crippen molar-refractivity contribution >= 4 is 27.3 Å². The third-order valence-corrected chi connectivity index (χ3v) is 5.80. The van der Waals surface area contributed by atoms with Crippen LogP contribution in [-0.4, -0.2) is 25.5 Å². The maximum atomic E-state index is 11.9. The number of aliphatic carboxylic acids is 1. The number of rotatable bonds is 8. The van der Waals surface area contributed by atoms with E-state index in [1.165, 1.54) is 11.3 Å². The molecule has 2 N–H and O–H groups in total. The van der Waals surface area contributed by atoms with Crippen molar-refractivity contribution in [2.45, 2.75) is 43.4 Å². The van der Waals surface area contributed by atoms with Crippen molar-refractivity contribution in [1.82, 2.24) is 4.72 Å². The summed E-state index contributed by atoms with van der Waals surface area (Å²) in [6.45, 7) is 3.44. The Morgan fingerprint density at radius 2 is 2.11 bits per heavy atom. The van der Waals surface area contributed by atoms with Gasteiger partial charge in [-0.3, -0.25) is 4.79 Å². The Morgan fingerprint density at radius 3 is 2.63 bits per heavy atom. The van der Waals surface area contributed by atoms with Crippen LogP contribution < -0.4 is 4.72 Å². The third-order valence-electron chi connectivity index (χ3n) is 2.81. The molecule has 5 nitrogen and oxygen atoms in total. The van der Waals surface area contributed by atoms with Gasteiger partial charge in [0.1, 0.15) is 4.21 Å². The monoisotopic (exact) mass is 305 g/mol. The molecular weight excluding hydrogens is 286 g/mol. The van der Waals surface area contributed by atoms with Gasteiger partial charge >= 0.3 is 5.97 Å². The summed E-state index contributed by atoms with van der Waals surface area (Å²) in [5.74, 6) is -1.20. The largest absolute Gasteiger partial charge is 0.481 e. The van der Waals surface area contributed by atoms with Gasteiger partial charge in [0.15, 0.2) is 0 Å². The quantitative estimate of drug-likeness (QED) is 0.772. The summed E-state index contributed by atoms with van der Waals surface area (Å²) in [5, 5.41) is 10.5. The average Bonchev–Trinajstić information content (AvgIpc) is 2.81. The molecule has 0 aliphatic carbocycles. The van der Waals surface area contributed by atoms with E-state index >= 15 is 0 Å². The summed E-state index contributed by atoms with van der Waals surface area (Å²) < 4.78 is 26.7. The van der Waals surface area contributed by atoms with Gasteiger partial charge in [-0.1, -0.05) is 19.4 Å². The van der Waals surface area contributed by atoms with E-state index in [4.69, 9.17) is 5.11 Å². The zero-order valence-electron chi connectivity index (χ0n) is 11.0. The maximum absolute atomic E-state index is 11.9. The lowest BCUT2D eigenvalue weighted by molar-refractivity contribution is -0.141. The van der Waals surface area contributed by atoms with Crippen LogP contribution in [-0.2, 0) is 14.8 Å². The number of carbonyl (C=O) groups is 1. The van der Waals surface area contributed by atoms with Crippen LogP contribution >= 0.6 is 11.3 Å². The van der Waals surface area contributed by atoms with E-state index in [1.807, 2.05) is 0 Å². The van der Waals surface area contributed by atoms with Gasteiger partial charge in [-0.25, -0.2) is 13.1 Å². The molecule has 0 aromatic carbocycles. The number of hydrogen-bond acceptors (Lipinski definition) is 4. The van der Waals surface area contributed by atoms with Gasteiger partial charge in [0.25, 0.3) is 0 Å². The summed E-state index contributed by atoms with van der Waals surface area (Å²) in [6.07, 6.45) is 1.87. The molecule has 1 aromatic rings. The maximum Gasteiger partial charge on any atom is 0.306 e. The van der Waals surface area contributed by atoms with Gasteiger partial charge in [-0.15, -0.1) is 11.3 Å². The first-order valence-electron chi connectivity index (χ1n) is 6.11. The Morgan fingerprint density at radius 1 is 1.42 bits per heavy atom. The van der Waals surface area contributed by atoms with Crippen molar-refractivity contribution in [3.63, 3.8) is 0 Å². The predicted octanol–water partition coefficient (Wildman–Crippen LogP) is 2.31. The number of hydrogen-bond donors (Lipinski definition) is 2. The van der Waals surface area contributed by atoms with Crippen LogP contribution in [0.1, 0.15) is 33.1 Å². The first-order chi connectivity index (χ1) is 8.83. The van der Waals surface area contributed by atoms with E-state index in [9.17, 15) is 13.2 Å². The molecule has 0 spiro atoms. The Labute approximate surface area is 117 Å². The zero-order valence-corrected chi connectivity index (χ0v) is 12.6. The van der Waals surface area contributed by atoms with Crippen LogP contribution in [0.2, 0.25) is 0 Å². The second-order valence-electron chi connectivity index (χ2n) is 4.62. The smallest absolute Gasteiger partial charge is 0.306 e. The molecule has 2 unspecified atom stereocenters. The number of thiophene rings is 1. The van der Waals surface area contributed by atoms with Crippen molar-refractivity contribution in [2.24, 2.45) is 5.92 Å². The molecule has 0 aliphatic rings. The molecular formula is C12H19NO4S2. The lowest BCUT2D eigenvalue weighted by atomic mass is 10.0. The molecule has 1 rings (SSSR count). The fourth-order valence-corrected chi connectivity index (χ4v) is 3.94. The highest BCUT2D eigenvalue weighted by atomic mass is 32.2. The summed E-state index contributed by atoms with van der Waals surface area (Å²) in [4.78, 5) is 10.6. The van der Waals surface area contributed by atoms with E-state index in [0.717, 1.165) is 0 Å². The van der Waals surface area contributed by atoms with Gasteiger partial charge in [-0.2, -0.15) is 0 Å². The van der Waals surface area contributed by atoms with Crippen LogP contribution in [0.25, 0.3) is 0 Å². The van der Waals surface area contributed by atoms with Crippen LogP contribution in [0.15, 0.2) is 21.7 Å². The van der Waals surface area contributed by atoms with E-state index in [0.29, 0.717) is 23.5 Å². The highest BCUT2D eigenvalue weighted by Gasteiger charge is 2.18. The number of carboxylic acids is 1. The minimum Gasteiger partial charge on any atom is -0.481 e. The molecule has 0 bridgehead atoms. The second-order valence-corrected chi connectivity index (χ2v) is 7.51. The Hall–Kier alpha value is -0.920. The molecule has 0 amide bonds. The Balaban J connectivity index is 2.40. The molecule has 2 atom stereocenters. The summed E-state index contributed by atoms with van der Waals surface area (Å²) >= 11 is 1.18. The summed E-state index contributed by atoms with van der Waals surface area (Å²) in [5.41, 5.74) is 0. The Kier molecular flexibility index (Phi) is 5.96. The molecule has 108 valence electrons. The lowest BCUT2D eigenvalue weighted by Gasteiger charge is -2.14. The van der Waals surface area contributed by atoms with E-state index in [-0.39, 0.29) is 12.0 Å². The second kappa shape index (κ2) is 7.02. The van der Waals surface area contributed by atoms with Gasteiger partial charge in [0.05, 0.1) is 5.92 Å². The average molecular weight is 305 g/mol. The molecule has 1 aromatic heterocycles. The topological polar surface area (TPSA) is 83.5 Å². The SMILES string of the molecule is CC(CCCC(C)C(=O)O)NS(=O)(=O)c1cccs1. The van der Waals surface area contributed by atoms with Crippen LogP contribution in [0.4, 0.5) is 0 Å². The predicted molar refractivity (Wildman–Crippen MR) is 74.8 cm³/mol. The van der Waals surface area contributed by atoms with E-state index in [1.54, 1.807) is 31.4 Å².